The molecule has 0 aliphatic carbocycles. The van der Waals surface area contributed by atoms with Crippen LogP contribution in [0, 0.1) is 0 Å². The monoisotopic (exact) mass is 294 g/mol. The van der Waals surface area contributed by atoms with Gasteiger partial charge in [0.1, 0.15) is 0 Å². The Bertz CT molecular complexity index is 483. The number of anilines is 1. The van der Waals surface area contributed by atoms with Crippen molar-refractivity contribution in [3.8, 4) is 0 Å². The zero-order valence-electron chi connectivity index (χ0n) is 12.6. The van der Waals surface area contributed by atoms with Crippen molar-refractivity contribution >= 4 is 17.7 Å². The Morgan fingerprint density at radius 1 is 1.24 bits per heavy atom. The molecule has 0 radical (unpaired) electrons. The van der Waals surface area contributed by atoms with E-state index in [4.69, 9.17) is 9.84 Å². The van der Waals surface area contributed by atoms with E-state index in [1.54, 1.807) is 45.2 Å². The number of amides is 2. The summed E-state index contributed by atoms with van der Waals surface area (Å²) in [7, 11) is 1.61. The maximum absolute atomic E-state index is 11.6. The molecule has 21 heavy (non-hydrogen) atoms. The van der Waals surface area contributed by atoms with Crippen molar-refractivity contribution in [1.29, 1.82) is 0 Å². The van der Waals surface area contributed by atoms with E-state index < -0.39 is 11.4 Å². The molecule has 0 aliphatic heterocycles. The Morgan fingerprint density at radius 3 is 2.38 bits per heavy atom. The lowest BCUT2D eigenvalue weighted by molar-refractivity contribution is -0.142. The summed E-state index contributed by atoms with van der Waals surface area (Å²) in [5, 5.41) is 14.6. The number of nitrogens with one attached hydrogen (secondary N) is 2. The number of ether oxygens (including phenoxy) is 1. The molecule has 0 saturated carbocycles. The lowest BCUT2D eigenvalue weighted by Gasteiger charge is -2.19. The number of carbonyl (C=O) groups is 2. The largest absolute Gasteiger partial charge is 0.481 e. The second-order valence-corrected chi connectivity index (χ2v) is 5.23. The molecule has 3 N–H and O–H groups in total. The van der Waals surface area contributed by atoms with Gasteiger partial charge in [-0.25, -0.2) is 4.79 Å². The number of urea groups is 1. The maximum Gasteiger partial charge on any atom is 0.319 e. The lowest BCUT2D eigenvalue weighted by atomic mass is 9.85. The number of hydrogen-bond acceptors (Lipinski definition) is 3. The highest BCUT2D eigenvalue weighted by atomic mass is 16.5. The second-order valence-electron chi connectivity index (χ2n) is 5.23. The third-order valence-electron chi connectivity index (χ3n) is 3.21. The average Bonchev–Trinajstić information content (AvgIpc) is 2.44. The molecule has 0 atom stereocenters. The number of hydrogen-bond donors (Lipinski definition) is 3. The summed E-state index contributed by atoms with van der Waals surface area (Å²) in [6, 6.07) is 6.49. The van der Waals surface area contributed by atoms with Crippen molar-refractivity contribution in [1.82, 2.24) is 5.32 Å². The first-order valence-corrected chi connectivity index (χ1v) is 6.75. The summed E-state index contributed by atoms with van der Waals surface area (Å²) < 4.78 is 4.89. The van der Waals surface area contributed by atoms with Crippen LogP contribution >= 0.6 is 0 Å². The van der Waals surface area contributed by atoms with Gasteiger partial charge in [0.05, 0.1) is 5.41 Å². The molecule has 116 valence electrons. The van der Waals surface area contributed by atoms with Crippen LogP contribution in [-0.2, 0) is 14.9 Å². The fourth-order valence-corrected chi connectivity index (χ4v) is 1.69. The van der Waals surface area contributed by atoms with Crippen molar-refractivity contribution in [3.05, 3.63) is 29.8 Å². The van der Waals surface area contributed by atoms with Crippen LogP contribution in [0.15, 0.2) is 24.3 Å². The summed E-state index contributed by atoms with van der Waals surface area (Å²) in [6.07, 6.45) is 0.746. The Balaban J connectivity index is 2.55. The van der Waals surface area contributed by atoms with Crippen molar-refractivity contribution in [2.75, 3.05) is 25.6 Å². The van der Waals surface area contributed by atoms with Crippen LogP contribution in [0.25, 0.3) is 0 Å². The third-order valence-corrected chi connectivity index (χ3v) is 3.21. The zero-order valence-corrected chi connectivity index (χ0v) is 12.6. The minimum Gasteiger partial charge on any atom is -0.481 e. The predicted molar refractivity (Wildman–Crippen MR) is 80.6 cm³/mol. The number of benzene rings is 1. The highest BCUT2D eigenvalue weighted by Gasteiger charge is 2.29. The van der Waals surface area contributed by atoms with Gasteiger partial charge in [-0.15, -0.1) is 0 Å². The van der Waals surface area contributed by atoms with Crippen molar-refractivity contribution in [3.63, 3.8) is 0 Å². The topological polar surface area (TPSA) is 87.7 Å². The van der Waals surface area contributed by atoms with E-state index in [1.807, 2.05) is 0 Å². The first-order chi connectivity index (χ1) is 9.87. The minimum atomic E-state index is -0.957. The Morgan fingerprint density at radius 2 is 1.86 bits per heavy atom. The van der Waals surface area contributed by atoms with E-state index in [2.05, 4.69) is 10.6 Å². The van der Waals surface area contributed by atoms with Crippen molar-refractivity contribution in [2.24, 2.45) is 0 Å². The van der Waals surface area contributed by atoms with Gasteiger partial charge < -0.3 is 20.5 Å². The molecule has 0 spiro atoms. The van der Waals surface area contributed by atoms with E-state index in [-0.39, 0.29) is 6.03 Å². The van der Waals surface area contributed by atoms with Crippen LogP contribution in [0.5, 0.6) is 0 Å². The molecule has 0 unspecified atom stereocenters. The number of methoxy groups -OCH3 is 1. The van der Waals surface area contributed by atoms with Gasteiger partial charge in [-0.1, -0.05) is 12.1 Å². The van der Waals surface area contributed by atoms with Crippen molar-refractivity contribution < 1.29 is 19.4 Å². The van der Waals surface area contributed by atoms with Gasteiger partial charge in [-0.3, -0.25) is 4.79 Å². The smallest absolute Gasteiger partial charge is 0.319 e. The maximum atomic E-state index is 11.6. The van der Waals surface area contributed by atoms with Crippen LogP contribution in [-0.4, -0.2) is 37.4 Å². The first-order valence-electron chi connectivity index (χ1n) is 6.75. The summed E-state index contributed by atoms with van der Waals surface area (Å²) in [4.78, 5) is 22.8. The molecule has 0 fully saturated rings. The number of carboxylic acids is 1. The van der Waals surface area contributed by atoms with Gasteiger partial charge in [-0.05, 0) is 38.0 Å². The number of aliphatic carboxylic acids is 1. The van der Waals surface area contributed by atoms with E-state index in [9.17, 15) is 9.59 Å². The van der Waals surface area contributed by atoms with Crippen molar-refractivity contribution in [2.45, 2.75) is 25.7 Å². The molecule has 0 aliphatic rings. The Hall–Kier alpha value is -2.08. The van der Waals surface area contributed by atoms with Crippen LogP contribution in [0.2, 0.25) is 0 Å². The quantitative estimate of drug-likeness (QED) is 0.673. The molecule has 1 aromatic carbocycles. The SMILES string of the molecule is COCCCNC(=O)Nc1ccc(C(C)(C)C(=O)O)cc1. The number of carbonyl (C=O) groups excluding carboxylic acids is 1. The van der Waals surface area contributed by atoms with E-state index in [0.717, 1.165) is 6.42 Å². The zero-order chi connectivity index (χ0) is 15.9. The van der Waals surface area contributed by atoms with E-state index in [0.29, 0.717) is 24.4 Å². The fraction of sp³-hybridized carbons (Fsp3) is 0.467. The molecule has 0 saturated heterocycles. The molecule has 0 aromatic heterocycles. The fourth-order valence-electron chi connectivity index (χ4n) is 1.69. The predicted octanol–water partition coefficient (Wildman–Crippen LogP) is 2.21. The summed E-state index contributed by atoms with van der Waals surface area (Å²) >= 11 is 0. The molecule has 1 rings (SSSR count). The van der Waals surface area contributed by atoms with Crippen LogP contribution < -0.4 is 10.6 Å². The number of carboxylic acid groups (broad SMARTS) is 1. The van der Waals surface area contributed by atoms with Gasteiger partial charge in [-0.2, -0.15) is 0 Å². The molecule has 6 heteroatoms. The highest BCUT2D eigenvalue weighted by Crippen LogP contribution is 2.24. The van der Waals surface area contributed by atoms with Crippen LogP contribution in [0.4, 0.5) is 10.5 Å². The normalized spacial score (nSPS) is 11.0. The molecular weight excluding hydrogens is 272 g/mol. The van der Waals surface area contributed by atoms with Gasteiger partial charge in [0, 0.05) is 25.9 Å². The summed E-state index contributed by atoms with van der Waals surface area (Å²) in [6.45, 7) is 4.41. The molecule has 2 amide bonds. The van der Waals surface area contributed by atoms with Crippen LogP contribution in [0.1, 0.15) is 25.8 Å². The third kappa shape index (κ3) is 5.07. The Kier molecular flexibility index (Phi) is 6.17. The molecule has 6 nitrogen and oxygen atoms in total. The Labute approximate surface area is 124 Å². The van der Waals surface area contributed by atoms with Crippen LogP contribution in [0.3, 0.4) is 0 Å². The van der Waals surface area contributed by atoms with E-state index in [1.165, 1.54) is 0 Å². The second kappa shape index (κ2) is 7.64. The summed E-state index contributed by atoms with van der Waals surface area (Å²) in [5.74, 6) is -0.890. The number of rotatable bonds is 7. The minimum absolute atomic E-state index is 0.295. The lowest BCUT2D eigenvalue weighted by Crippen LogP contribution is -2.30. The van der Waals surface area contributed by atoms with Gasteiger partial charge in [0.2, 0.25) is 0 Å². The molecule has 0 heterocycles. The van der Waals surface area contributed by atoms with Gasteiger partial charge in [0.15, 0.2) is 0 Å². The van der Waals surface area contributed by atoms with Gasteiger partial charge in [0.25, 0.3) is 0 Å². The average molecular weight is 294 g/mol. The van der Waals surface area contributed by atoms with Gasteiger partial charge >= 0.3 is 12.0 Å². The molecular formula is C15H22N2O4. The molecule has 1 aromatic rings. The summed E-state index contributed by atoms with van der Waals surface area (Å²) in [5.41, 5.74) is 0.339. The standard InChI is InChI=1S/C15H22N2O4/c1-15(2,13(18)19)11-5-7-12(8-6-11)17-14(20)16-9-4-10-21-3/h5-8H,4,9-10H2,1-3H3,(H,18,19)(H2,16,17,20). The first kappa shape index (κ1) is 17.0. The van der Waals surface area contributed by atoms with E-state index >= 15 is 0 Å². The highest BCUT2D eigenvalue weighted by molar-refractivity contribution is 5.89. The molecule has 0 bridgehead atoms.